The monoisotopic (exact) mass is 306 g/mol. The molecule has 0 spiro atoms. The van der Waals surface area contributed by atoms with Crippen molar-refractivity contribution >= 4 is 0 Å². The SMILES string of the molecule is C1CCOC1.CO[C@@H]1CCN(Cc2cccc(C(C)C)n2)C1. The van der Waals surface area contributed by atoms with Crippen molar-refractivity contribution < 1.29 is 9.47 Å². The van der Waals surface area contributed by atoms with Crippen LogP contribution in [0.4, 0.5) is 0 Å². The van der Waals surface area contributed by atoms with Gasteiger partial charge < -0.3 is 9.47 Å². The molecule has 0 N–H and O–H groups in total. The van der Waals surface area contributed by atoms with Crippen LogP contribution in [0.25, 0.3) is 0 Å². The average Bonchev–Trinajstić information content (AvgIpc) is 3.22. The maximum atomic E-state index is 5.38. The van der Waals surface area contributed by atoms with Crippen LogP contribution in [0.15, 0.2) is 18.2 Å². The molecular weight excluding hydrogens is 276 g/mol. The van der Waals surface area contributed by atoms with Crippen LogP contribution in [-0.2, 0) is 16.0 Å². The molecule has 0 radical (unpaired) electrons. The smallest absolute Gasteiger partial charge is 0.0710 e. The summed E-state index contributed by atoms with van der Waals surface area (Å²) in [5, 5.41) is 0. The predicted molar refractivity (Wildman–Crippen MR) is 89.1 cm³/mol. The maximum Gasteiger partial charge on any atom is 0.0710 e. The lowest BCUT2D eigenvalue weighted by molar-refractivity contribution is 0.107. The molecule has 4 nitrogen and oxygen atoms in total. The molecule has 0 bridgehead atoms. The molecule has 1 atom stereocenters. The molecule has 2 saturated heterocycles. The Morgan fingerprint density at radius 2 is 2.09 bits per heavy atom. The Labute approximate surface area is 134 Å². The van der Waals surface area contributed by atoms with Crippen LogP contribution >= 0.6 is 0 Å². The summed E-state index contributed by atoms with van der Waals surface area (Å²) >= 11 is 0. The highest BCUT2D eigenvalue weighted by molar-refractivity contribution is 5.14. The second kappa shape index (κ2) is 9.23. The van der Waals surface area contributed by atoms with Gasteiger partial charge in [-0.15, -0.1) is 0 Å². The van der Waals surface area contributed by atoms with E-state index in [1.807, 2.05) is 0 Å². The second-order valence-corrected chi connectivity index (χ2v) is 6.41. The first-order valence-corrected chi connectivity index (χ1v) is 8.47. The summed E-state index contributed by atoms with van der Waals surface area (Å²) in [4.78, 5) is 7.12. The normalized spacial score (nSPS) is 21.9. The van der Waals surface area contributed by atoms with Crippen molar-refractivity contribution in [2.24, 2.45) is 0 Å². The van der Waals surface area contributed by atoms with E-state index in [4.69, 9.17) is 14.5 Å². The van der Waals surface area contributed by atoms with E-state index < -0.39 is 0 Å². The first kappa shape index (κ1) is 17.4. The minimum absolute atomic E-state index is 0.406. The van der Waals surface area contributed by atoms with Crippen molar-refractivity contribution in [3.8, 4) is 0 Å². The summed E-state index contributed by atoms with van der Waals surface area (Å²) in [6.45, 7) is 9.46. The molecule has 4 heteroatoms. The molecule has 0 unspecified atom stereocenters. The highest BCUT2D eigenvalue weighted by Crippen LogP contribution is 2.16. The Bertz CT molecular complexity index is 425. The van der Waals surface area contributed by atoms with Crippen molar-refractivity contribution in [2.45, 2.75) is 51.7 Å². The van der Waals surface area contributed by atoms with E-state index in [1.54, 1.807) is 7.11 Å². The highest BCUT2D eigenvalue weighted by Gasteiger charge is 2.22. The fourth-order valence-corrected chi connectivity index (χ4v) is 2.78. The number of hydrogen-bond donors (Lipinski definition) is 0. The van der Waals surface area contributed by atoms with Crippen molar-refractivity contribution in [3.63, 3.8) is 0 Å². The van der Waals surface area contributed by atoms with Crippen molar-refractivity contribution in [1.82, 2.24) is 9.88 Å². The molecule has 1 aromatic heterocycles. The van der Waals surface area contributed by atoms with Gasteiger partial charge in [-0.2, -0.15) is 0 Å². The number of hydrogen-bond acceptors (Lipinski definition) is 4. The Balaban J connectivity index is 0.000000299. The minimum atomic E-state index is 0.406. The lowest BCUT2D eigenvalue weighted by Crippen LogP contribution is -2.23. The van der Waals surface area contributed by atoms with Gasteiger partial charge in [-0.1, -0.05) is 19.9 Å². The van der Waals surface area contributed by atoms with E-state index in [-0.39, 0.29) is 0 Å². The van der Waals surface area contributed by atoms with E-state index in [9.17, 15) is 0 Å². The summed E-state index contributed by atoms with van der Waals surface area (Å²) in [5.74, 6) is 0.500. The van der Waals surface area contributed by atoms with Crippen LogP contribution in [0.5, 0.6) is 0 Å². The lowest BCUT2D eigenvalue weighted by Gasteiger charge is -2.16. The van der Waals surface area contributed by atoms with Gasteiger partial charge in [0.1, 0.15) is 0 Å². The van der Waals surface area contributed by atoms with E-state index in [1.165, 1.54) is 24.2 Å². The zero-order chi connectivity index (χ0) is 15.8. The van der Waals surface area contributed by atoms with E-state index in [0.717, 1.165) is 39.3 Å². The molecule has 0 saturated carbocycles. The average molecular weight is 306 g/mol. The number of nitrogens with zero attached hydrogens (tertiary/aromatic N) is 2. The van der Waals surface area contributed by atoms with Crippen molar-refractivity contribution in [2.75, 3.05) is 33.4 Å². The third kappa shape index (κ3) is 5.67. The van der Waals surface area contributed by atoms with Crippen molar-refractivity contribution in [1.29, 1.82) is 0 Å². The van der Waals surface area contributed by atoms with E-state index in [0.29, 0.717) is 12.0 Å². The van der Waals surface area contributed by atoms with Crippen LogP contribution in [0, 0.1) is 0 Å². The maximum absolute atomic E-state index is 5.38. The molecule has 2 fully saturated rings. The Kier molecular flexibility index (Phi) is 7.30. The van der Waals surface area contributed by atoms with Crippen molar-refractivity contribution in [3.05, 3.63) is 29.6 Å². The summed E-state index contributed by atoms with van der Waals surface area (Å²) in [6, 6.07) is 6.34. The topological polar surface area (TPSA) is 34.6 Å². The third-order valence-electron chi connectivity index (χ3n) is 4.20. The number of likely N-dealkylation sites (tertiary alicyclic amines) is 1. The van der Waals surface area contributed by atoms with Crippen LogP contribution in [-0.4, -0.2) is 49.4 Å². The number of aromatic nitrogens is 1. The molecular formula is C18H30N2O2. The molecule has 0 amide bonds. The lowest BCUT2D eigenvalue weighted by atomic mass is 10.1. The van der Waals surface area contributed by atoms with Gasteiger partial charge in [-0.3, -0.25) is 9.88 Å². The number of rotatable bonds is 4. The van der Waals surface area contributed by atoms with Gasteiger partial charge in [0.25, 0.3) is 0 Å². The second-order valence-electron chi connectivity index (χ2n) is 6.41. The Morgan fingerprint density at radius 3 is 2.64 bits per heavy atom. The molecule has 2 aliphatic rings. The van der Waals surface area contributed by atoms with Gasteiger partial charge in [0.05, 0.1) is 11.8 Å². The molecule has 0 aromatic carbocycles. The summed E-state index contributed by atoms with van der Waals surface area (Å²) < 4.78 is 10.3. The standard InChI is InChI=1S/C14H22N2O.C4H8O/c1-11(2)14-6-4-5-12(15-14)9-16-8-7-13(10-16)17-3;1-2-4-5-3-1/h4-6,11,13H,7-10H2,1-3H3;1-4H2/t13-;/m1./s1. The Hall–Kier alpha value is -0.970. The Morgan fingerprint density at radius 1 is 1.32 bits per heavy atom. The summed E-state index contributed by atoms with van der Waals surface area (Å²) in [5.41, 5.74) is 2.36. The zero-order valence-corrected chi connectivity index (χ0v) is 14.3. The first-order valence-electron chi connectivity index (χ1n) is 8.47. The van der Waals surface area contributed by atoms with Gasteiger partial charge in [-0.25, -0.2) is 0 Å². The van der Waals surface area contributed by atoms with Crippen LogP contribution in [0.2, 0.25) is 0 Å². The zero-order valence-electron chi connectivity index (χ0n) is 14.3. The van der Waals surface area contributed by atoms with Gasteiger partial charge >= 0.3 is 0 Å². The third-order valence-corrected chi connectivity index (χ3v) is 4.20. The molecule has 2 aliphatic heterocycles. The fraction of sp³-hybridized carbons (Fsp3) is 0.722. The van der Waals surface area contributed by atoms with Crippen LogP contribution in [0.1, 0.15) is 50.4 Å². The number of ether oxygens (including phenoxy) is 2. The quantitative estimate of drug-likeness (QED) is 0.855. The largest absolute Gasteiger partial charge is 0.381 e. The predicted octanol–water partition coefficient (Wildman–Crippen LogP) is 3.22. The van der Waals surface area contributed by atoms with Gasteiger partial charge in [0, 0.05) is 45.7 Å². The van der Waals surface area contributed by atoms with E-state index in [2.05, 4.69) is 36.9 Å². The number of methoxy groups -OCH3 is 1. The first-order chi connectivity index (χ1) is 10.7. The minimum Gasteiger partial charge on any atom is -0.381 e. The number of pyridine rings is 1. The summed E-state index contributed by atoms with van der Waals surface area (Å²) in [7, 11) is 1.80. The fourth-order valence-electron chi connectivity index (χ4n) is 2.78. The molecule has 0 aliphatic carbocycles. The van der Waals surface area contributed by atoms with Crippen LogP contribution in [0.3, 0.4) is 0 Å². The van der Waals surface area contributed by atoms with Gasteiger partial charge in [0.2, 0.25) is 0 Å². The molecule has 1 aromatic rings. The van der Waals surface area contributed by atoms with Gasteiger partial charge in [0.15, 0.2) is 0 Å². The molecule has 22 heavy (non-hydrogen) atoms. The van der Waals surface area contributed by atoms with Crippen LogP contribution < -0.4 is 0 Å². The van der Waals surface area contributed by atoms with E-state index >= 15 is 0 Å². The highest BCUT2D eigenvalue weighted by atomic mass is 16.5. The molecule has 3 heterocycles. The molecule has 124 valence electrons. The summed E-state index contributed by atoms with van der Waals surface area (Å²) in [6.07, 6.45) is 4.10. The molecule has 3 rings (SSSR count). The van der Waals surface area contributed by atoms with Gasteiger partial charge in [-0.05, 0) is 37.3 Å².